The number of nitrogens with two attached hydrogens (primary N) is 1. The second-order valence-electron chi connectivity index (χ2n) is 3.41. The zero-order valence-electron chi connectivity index (χ0n) is 5.64. The third-order valence-electron chi connectivity index (χ3n) is 2.69. The Morgan fingerprint density at radius 1 is 1.11 bits per heavy atom. The summed E-state index contributed by atoms with van der Waals surface area (Å²) in [5, 5.41) is 3.39. The minimum atomic E-state index is 0.516. The van der Waals surface area contributed by atoms with Gasteiger partial charge in [-0.3, -0.25) is 0 Å². The summed E-state index contributed by atoms with van der Waals surface area (Å²) in [7, 11) is 0. The third-order valence-corrected chi connectivity index (χ3v) is 2.69. The van der Waals surface area contributed by atoms with Crippen molar-refractivity contribution >= 4 is 0 Å². The van der Waals surface area contributed by atoms with Crippen molar-refractivity contribution in [2.24, 2.45) is 17.6 Å². The fourth-order valence-electron chi connectivity index (χ4n) is 2.21. The average molecular weight is 126 g/mol. The van der Waals surface area contributed by atoms with Crippen LogP contribution in [-0.4, -0.2) is 19.1 Å². The lowest BCUT2D eigenvalue weighted by Gasteiger charge is -2.02. The van der Waals surface area contributed by atoms with Crippen LogP contribution in [0.4, 0.5) is 0 Å². The quantitative estimate of drug-likeness (QED) is 0.477. The molecule has 3 N–H and O–H groups in total. The molecule has 2 rings (SSSR count). The Morgan fingerprint density at radius 3 is 2.22 bits per heavy atom. The third kappa shape index (κ3) is 0.864. The molecule has 9 heavy (non-hydrogen) atoms. The highest BCUT2D eigenvalue weighted by molar-refractivity contribution is 4.91. The Balaban J connectivity index is 2.02. The molecule has 1 heterocycles. The van der Waals surface area contributed by atoms with Crippen molar-refractivity contribution in [3.63, 3.8) is 0 Å². The number of hydrogen-bond donors (Lipinski definition) is 2. The average Bonchev–Trinajstić information content (AvgIpc) is 2.22. The molecular formula is C7H14N2. The molecule has 0 aromatic carbocycles. The van der Waals surface area contributed by atoms with Gasteiger partial charge in [-0.25, -0.2) is 0 Å². The lowest BCUT2D eigenvalue weighted by Crippen LogP contribution is -2.20. The Hall–Kier alpha value is -0.0800. The highest BCUT2D eigenvalue weighted by Crippen LogP contribution is 2.32. The van der Waals surface area contributed by atoms with Gasteiger partial charge in [-0.05, 0) is 37.8 Å². The van der Waals surface area contributed by atoms with Gasteiger partial charge in [0.05, 0.1) is 0 Å². The first-order chi connectivity index (χ1) is 4.36. The first kappa shape index (κ1) is 5.69. The van der Waals surface area contributed by atoms with E-state index in [1.807, 2.05) is 0 Å². The molecule has 2 heteroatoms. The standard InChI is InChI=1S/C7H14N2/c8-7-1-5-3-9-4-6(5)2-7/h5-7,9H,1-4,8H2/t5-,6?,7+/m1/s1. The molecule has 3 atom stereocenters. The minimum absolute atomic E-state index is 0.516. The van der Waals surface area contributed by atoms with Crippen LogP contribution in [0.2, 0.25) is 0 Å². The Kier molecular flexibility index (Phi) is 1.24. The van der Waals surface area contributed by atoms with Crippen LogP contribution >= 0.6 is 0 Å². The van der Waals surface area contributed by atoms with Crippen molar-refractivity contribution in [2.75, 3.05) is 13.1 Å². The van der Waals surface area contributed by atoms with E-state index in [1.165, 1.54) is 25.9 Å². The largest absolute Gasteiger partial charge is 0.328 e. The molecule has 0 aromatic rings. The van der Waals surface area contributed by atoms with Crippen molar-refractivity contribution in [2.45, 2.75) is 18.9 Å². The summed E-state index contributed by atoms with van der Waals surface area (Å²) in [5.74, 6) is 1.83. The molecule has 1 unspecified atom stereocenters. The summed E-state index contributed by atoms with van der Waals surface area (Å²) in [6, 6.07) is 0.516. The molecule has 2 nitrogen and oxygen atoms in total. The zero-order chi connectivity index (χ0) is 6.27. The second-order valence-corrected chi connectivity index (χ2v) is 3.41. The molecule has 52 valence electrons. The van der Waals surface area contributed by atoms with Crippen LogP contribution in [0.1, 0.15) is 12.8 Å². The molecule has 0 bridgehead atoms. The molecule has 2 aliphatic rings. The summed E-state index contributed by atoms with van der Waals surface area (Å²) >= 11 is 0. The van der Waals surface area contributed by atoms with Crippen LogP contribution in [0, 0.1) is 11.8 Å². The van der Waals surface area contributed by atoms with Gasteiger partial charge in [-0.2, -0.15) is 0 Å². The highest BCUT2D eigenvalue weighted by Gasteiger charge is 2.35. The molecule has 0 spiro atoms. The smallest absolute Gasteiger partial charge is 0.00452 e. The summed E-state index contributed by atoms with van der Waals surface area (Å²) in [4.78, 5) is 0. The van der Waals surface area contributed by atoms with Gasteiger partial charge in [0.2, 0.25) is 0 Å². The highest BCUT2D eigenvalue weighted by atomic mass is 14.9. The maximum atomic E-state index is 5.80. The Morgan fingerprint density at radius 2 is 1.67 bits per heavy atom. The van der Waals surface area contributed by atoms with E-state index in [9.17, 15) is 0 Å². The molecule has 0 amide bonds. The fraction of sp³-hybridized carbons (Fsp3) is 1.00. The molecular weight excluding hydrogens is 112 g/mol. The molecule has 1 saturated carbocycles. The van der Waals surface area contributed by atoms with Crippen molar-refractivity contribution in [1.82, 2.24) is 5.32 Å². The van der Waals surface area contributed by atoms with Gasteiger partial charge in [0, 0.05) is 6.04 Å². The summed E-state index contributed by atoms with van der Waals surface area (Å²) in [6.07, 6.45) is 2.52. The second kappa shape index (κ2) is 1.96. The predicted octanol–water partition coefficient (Wildman–Crippen LogP) is -0.0569. The Bertz CT molecular complexity index is 101. The molecule has 0 radical (unpaired) electrons. The number of fused-ring (bicyclic) bond motifs is 1. The molecule has 1 aliphatic heterocycles. The van der Waals surface area contributed by atoms with E-state index in [2.05, 4.69) is 5.32 Å². The van der Waals surface area contributed by atoms with Crippen LogP contribution in [0.15, 0.2) is 0 Å². The summed E-state index contributed by atoms with van der Waals surface area (Å²) < 4.78 is 0. The van der Waals surface area contributed by atoms with Crippen LogP contribution in [0.3, 0.4) is 0 Å². The maximum Gasteiger partial charge on any atom is 0.00452 e. The van der Waals surface area contributed by atoms with Crippen molar-refractivity contribution in [3.05, 3.63) is 0 Å². The van der Waals surface area contributed by atoms with Gasteiger partial charge in [0.25, 0.3) is 0 Å². The lowest BCUT2D eigenvalue weighted by molar-refractivity contribution is 0.494. The predicted molar refractivity (Wildman–Crippen MR) is 37.1 cm³/mol. The molecule has 2 fully saturated rings. The van der Waals surface area contributed by atoms with Gasteiger partial charge in [-0.1, -0.05) is 0 Å². The number of hydrogen-bond acceptors (Lipinski definition) is 2. The van der Waals surface area contributed by atoms with Crippen molar-refractivity contribution in [3.8, 4) is 0 Å². The van der Waals surface area contributed by atoms with Crippen LogP contribution in [0.5, 0.6) is 0 Å². The lowest BCUT2D eigenvalue weighted by atomic mass is 10.0. The van der Waals surface area contributed by atoms with Crippen molar-refractivity contribution < 1.29 is 0 Å². The van der Waals surface area contributed by atoms with Gasteiger partial charge in [0.15, 0.2) is 0 Å². The van der Waals surface area contributed by atoms with E-state index < -0.39 is 0 Å². The molecule has 0 aromatic heterocycles. The van der Waals surface area contributed by atoms with Gasteiger partial charge < -0.3 is 11.1 Å². The van der Waals surface area contributed by atoms with E-state index in [0.29, 0.717) is 6.04 Å². The molecule has 1 aliphatic carbocycles. The van der Waals surface area contributed by atoms with Gasteiger partial charge in [-0.15, -0.1) is 0 Å². The normalized spacial score (nSPS) is 49.7. The topological polar surface area (TPSA) is 38.0 Å². The number of rotatable bonds is 0. The zero-order valence-corrected chi connectivity index (χ0v) is 5.64. The van der Waals surface area contributed by atoms with Crippen molar-refractivity contribution in [1.29, 1.82) is 0 Å². The maximum absolute atomic E-state index is 5.80. The van der Waals surface area contributed by atoms with E-state index in [4.69, 9.17) is 5.73 Å². The monoisotopic (exact) mass is 126 g/mol. The Labute approximate surface area is 55.8 Å². The number of nitrogens with one attached hydrogen (secondary N) is 1. The van der Waals surface area contributed by atoms with E-state index >= 15 is 0 Å². The summed E-state index contributed by atoms with van der Waals surface area (Å²) in [6.45, 7) is 2.44. The van der Waals surface area contributed by atoms with Gasteiger partial charge >= 0.3 is 0 Å². The van der Waals surface area contributed by atoms with Crippen LogP contribution in [0.25, 0.3) is 0 Å². The first-order valence-corrected chi connectivity index (χ1v) is 3.82. The summed E-state index contributed by atoms with van der Waals surface area (Å²) in [5.41, 5.74) is 5.80. The first-order valence-electron chi connectivity index (χ1n) is 3.82. The van der Waals surface area contributed by atoms with Gasteiger partial charge in [0.1, 0.15) is 0 Å². The van der Waals surface area contributed by atoms with E-state index in [0.717, 1.165) is 11.8 Å². The fourth-order valence-corrected chi connectivity index (χ4v) is 2.21. The van der Waals surface area contributed by atoms with E-state index in [1.54, 1.807) is 0 Å². The van der Waals surface area contributed by atoms with E-state index in [-0.39, 0.29) is 0 Å². The van der Waals surface area contributed by atoms with Crippen LogP contribution in [-0.2, 0) is 0 Å². The SMILES string of the molecule is N[C@@H]1CC2CNC[C@H]2C1. The molecule has 1 saturated heterocycles. The minimum Gasteiger partial charge on any atom is -0.328 e. The van der Waals surface area contributed by atoms with Crippen LogP contribution < -0.4 is 11.1 Å².